The third-order valence-corrected chi connectivity index (χ3v) is 7.22. The van der Waals surface area contributed by atoms with Crippen molar-refractivity contribution in [2.45, 2.75) is 116 Å². The molecule has 2 saturated carbocycles. The molecule has 2 aliphatic rings. The van der Waals surface area contributed by atoms with Crippen molar-refractivity contribution in [3.63, 3.8) is 0 Å². The van der Waals surface area contributed by atoms with Gasteiger partial charge in [-0.2, -0.15) is 0 Å². The Bertz CT molecular complexity index is 997. The molecule has 2 fully saturated rings. The van der Waals surface area contributed by atoms with Crippen LogP contribution < -0.4 is 16.4 Å². The van der Waals surface area contributed by atoms with Crippen LogP contribution in [-0.2, 0) is 19.1 Å². The van der Waals surface area contributed by atoms with Crippen molar-refractivity contribution in [2.24, 2.45) is 11.7 Å². The second-order valence-corrected chi connectivity index (χ2v) is 11.9. The lowest BCUT2D eigenvalue weighted by Gasteiger charge is -2.36. The van der Waals surface area contributed by atoms with Gasteiger partial charge < -0.3 is 26.0 Å². The molecule has 4 N–H and O–H groups in total. The largest absolute Gasteiger partial charge is 0.444 e. The monoisotopic (exact) mass is 528 g/mol. The van der Waals surface area contributed by atoms with Crippen LogP contribution in [0.2, 0.25) is 0 Å². The first-order chi connectivity index (χ1) is 17.9. The van der Waals surface area contributed by atoms with E-state index in [1.807, 2.05) is 38.1 Å². The highest BCUT2D eigenvalue weighted by molar-refractivity contribution is 5.93. The van der Waals surface area contributed by atoms with E-state index < -0.39 is 35.6 Å². The summed E-state index contributed by atoms with van der Waals surface area (Å²) in [6.45, 7) is 9.20. The number of rotatable bonds is 10. The van der Waals surface area contributed by atoms with Crippen LogP contribution in [0.4, 0.5) is 4.79 Å². The summed E-state index contributed by atoms with van der Waals surface area (Å²) in [6, 6.07) is 5.60. The fourth-order valence-corrected chi connectivity index (χ4v) is 5.06. The van der Waals surface area contributed by atoms with Crippen LogP contribution in [0, 0.1) is 12.8 Å². The predicted molar refractivity (Wildman–Crippen MR) is 145 cm³/mol. The number of nitrogens with one attached hydrogen (secondary N) is 2. The van der Waals surface area contributed by atoms with Gasteiger partial charge in [0.25, 0.3) is 0 Å². The minimum atomic E-state index is -1.07. The van der Waals surface area contributed by atoms with Gasteiger partial charge in [0.15, 0.2) is 0 Å². The van der Waals surface area contributed by atoms with Crippen LogP contribution >= 0.6 is 0 Å². The van der Waals surface area contributed by atoms with E-state index in [1.54, 1.807) is 25.7 Å². The number of benzene rings is 1. The molecule has 0 bridgehead atoms. The Balaban J connectivity index is 1.96. The highest BCUT2D eigenvalue weighted by Crippen LogP contribution is 2.41. The maximum Gasteiger partial charge on any atom is 0.408 e. The maximum absolute atomic E-state index is 14.2. The van der Waals surface area contributed by atoms with E-state index in [-0.39, 0.29) is 36.8 Å². The molecule has 4 amide bonds. The fraction of sp³-hybridized carbons (Fsp3) is 0.655. The number of aryl methyl sites for hydroxylation is 1. The zero-order chi connectivity index (χ0) is 28.0. The first-order valence-electron chi connectivity index (χ1n) is 13.8. The highest BCUT2D eigenvalue weighted by atomic mass is 16.6. The molecule has 9 nitrogen and oxygen atoms in total. The van der Waals surface area contributed by atoms with Gasteiger partial charge in [0, 0.05) is 18.5 Å². The third-order valence-electron chi connectivity index (χ3n) is 7.22. The fourth-order valence-electron chi connectivity index (χ4n) is 5.06. The Morgan fingerprint density at radius 1 is 1.08 bits per heavy atom. The predicted octanol–water partition coefficient (Wildman–Crippen LogP) is 3.88. The molecule has 1 aromatic carbocycles. The van der Waals surface area contributed by atoms with E-state index in [4.69, 9.17) is 10.5 Å². The van der Waals surface area contributed by atoms with Crippen LogP contribution in [0.1, 0.15) is 96.2 Å². The molecular formula is C29H44N4O5. The molecule has 0 radical (unpaired) electrons. The van der Waals surface area contributed by atoms with Crippen LogP contribution in [0.5, 0.6) is 0 Å². The van der Waals surface area contributed by atoms with Gasteiger partial charge in [-0.15, -0.1) is 0 Å². The van der Waals surface area contributed by atoms with Gasteiger partial charge in [-0.25, -0.2) is 4.79 Å². The summed E-state index contributed by atoms with van der Waals surface area (Å²) in [7, 11) is 0. The average Bonchev–Trinajstić information content (AvgIpc) is 3.55. The van der Waals surface area contributed by atoms with E-state index in [0.717, 1.165) is 44.1 Å². The lowest BCUT2D eigenvalue weighted by atomic mass is 9.94. The molecule has 38 heavy (non-hydrogen) atoms. The highest BCUT2D eigenvalue weighted by Gasteiger charge is 2.48. The SMILES string of the molecule is Cc1ccc(C(C(=O)NC2CCCCC2)N(C(=O)C(CCC(N)=O)NC(=O)OC(C)(C)C)C2CC2C)cc1. The number of hydrogen-bond donors (Lipinski definition) is 3. The molecule has 0 heterocycles. The van der Waals surface area contributed by atoms with Gasteiger partial charge in [-0.1, -0.05) is 56.0 Å². The van der Waals surface area contributed by atoms with E-state index >= 15 is 0 Å². The number of ether oxygens (including phenoxy) is 1. The average molecular weight is 529 g/mol. The second-order valence-electron chi connectivity index (χ2n) is 11.9. The second kappa shape index (κ2) is 12.6. The third kappa shape index (κ3) is 8.46. The van der Waals surface area contributed by atoms with Crippen molar-refractivity contribution < 1.29 is 23.9 Å². The van der Waals surface area contributed by atoms with Gasteiger partial charge in [-0.3, -0.25) is 14.4 Å². The van der Waals surface area contributed by atoms with Crippen LogP contribution in [-0.4, -0.2) is 52.4 Å². The Morgan fingerprint density at radius 2 is 1.68 bits per heavy atom. The summed E-state index contributed by atoms with van der Waals surface area (Å²) in [5.74, 6) is -1.02. The van der Waals surface area contributed by atoms with Crippen molar-refractivity contribution in [1.82, 2.24) is 15.5 Å². The number of carbonyl (C=O) groups excluding carboxylic acids is 4. The lowest BCUT2D eigenvalue weighted by molar-refractivity contribution is -0.144. The summed E-state index contributed by atoms with van der Waals surface area (Å²) < 4.78 is 5.39. The van der Waals surface area contributed by atoms with E-state index in [2.05, 4.69) is 10.6 Å². The molecular weight excluding hydrogens is 484 g/mol. The number of amides is 4. The first kappa shape index (κ1) is 29.5. The summed E-state index contributed by atoms with van der Waals surface area (Å²) in [5, 5.41) is 5.86. The van der Waals surface area contributed by atoms with Crippen molar-refractivity contribution in [2.75, 3.05) is 0 Å². The number of nitrogens with two attached hydrogens (primary N) is 1. The van der Waals surface area contributed by atoms with Crippen LogP contribution in [0.25, 0.3) is 0 Å². The van der Waals surface area contributed by atoms with E-state index in [9.17, 15) is 19.2 Å². The Kier molecular flexibility index (Phi) is 9.79. The van der Waals surface area contributed by atoms with Crippen LogP contribution in [0.15, 0.2) is 24.3 Å². The van der Waals surface area contributed by atoms with Gasteiger partial charge >= 0.3 is 6.09 Å². The molecule has 0 aromatic heterocycles. The molecule has 2 aliphatic carbocycles. The number of primary amides is 1. The molecule has 210 valence electrons. The number of hydrogen-bond acceptors (Lipinski definition) is 5. The molecule has 3 rings (SSSR count). The smallest absolute Gasteiger partial charge is 0.408 e. The Hall–Kier alpha value is -3.10. The quantitative estimate of drug-likeness (QED) is 0.424. The standard InChI is InChI=1S/C29H44N4O5/c1-18-11-13-20(14-12-18)25(26(35)31-21-9-7-6-8-10-21)33(23-17-19(23)2)27(36)22(15-16-24(30)34)32-28(37)38-29(3,4)5/h11-14,19,21-23,25H,6-10,15-17H2,1-5H3,(H2,30,34)(H,31,35)(H,32,37). The topological polar surface area (TPSA) is 131 Å². The first-order valence-corrected chi connectivity index (χ1v) is 13.8. The number of alkyl carbamates (subject to hydrolysis) is 1. The van der Waals surface area contributed by atoms with Gasteiger partial charge in [0.2, 0.25) is 17.7 Å². The Labute approximate surface area is 226 Å². The molecule has 1 aromatic rings. The molecule has 9 heteroatoms. The minimum absolute atomic E-state index is 0.00979. The zero-order valence-corrected chi connectivity index (χ0v) is 23.4. The van der Waals surface area contributed by atoms with Crippen molar-refractivity contribution in [3.8, 4) is 0 Å². The minimum Gasteiger partial charge on any atom is -0.444 e. The van der Waals surface area contributed by atoms with E-state index in [0.29, 0.717) is 5.56 Å². The van der Waals surface area contributed by atoms with Gasteiger partial charge in [-0.05, 0) is 64.9 Å². The van der Waals surface area contributed by atoms with Crippen molar-refractivity contribution in [3.05, 3.63) is 35.4 Å². The zero-order valence-electron chi connectivity index (χ0n) is 23.4. The van der Waals surface area contributed by atoms with Crippen molar-refractivity contribution >= 4 is 23.8 Å². The summed E-state index contributed by atoms with van der Waals surface area (Å²) in [6.07, 6.45) is 5.04. The van der Waals surface area contributed by atoms with Gasteiger partial charge in [0.05, 0.1) is 0 Å². The van der Waals surface area contributed by atoms with Crippen LogP contribution in [0.3, 0.4) is 0 Å². The summed E-state index contributed by atoms with van der Waals surface area (Å²) in [5.41, 5.74) is 6.38. The summed E-state index contributed by atoms with van der Waals surface area (Å²) >= 11 is 0. The van der Waals surface area contributed by atoms with Gasteiger partial charge in [0.1, 0.15) is 17.7 Å². The number of carbonyl (C=O) groups is 4. The molecule has 0 saturated heterocycles. The normalized spacial score (nSPS) is 21.1. The molecule has 4 atom stereocenters. The molecule has 0 spiro atoms. The van der Waals surface area contributed by atoms with Crippen molar-refractivity contribution in [1.29, 1.82) is 0 Å². The molecule has 4 unspecified atom stereocenters. The van der Waals surface area contributed by atoms with E-state index in [1.165, 1.54) is 0 Å². The number of nitrogens with zero attached hydrogens (tertiary/aromatic N) is 1. The summed E-state index contributed by atoms with van der Waals surface area (Å²) in [4.78, 5) is 54.0. The lowest BCUT2D eigenvalue weighted by Crippen LogP contribution is -2.55. The molecule has 0 aliphatic heterocycles. The Morgan fingerprint density at radius 3 is 2.21 bits per heavy atom. The maximum atomic E-state index is 14.2.